The van der Waals surface area contributed by atoms with Crippen LogP contribution >= 0.6 is 0 Å². The van der Waals surface area contributed by atoms with Crippen LogP contribution in [0.4, 0.5) is 0 Å². The van der Waals surface area contributed by atoms with Crippen molar-refractivity contribution < 1.29 is 9.53 Å². The third kappa shape index (κ3) is 3.25. The lowest BCUT2D eigenvalue weighted by Crippen LogP contribution is -2.12. The van der Waals surface area contributed by atoms with Crippen LogP contribution in [-0.4, -0.2) is 20.6 Å². The van der Waals surface area contributed by atoms with Crippen molar-refractivity contribution in [2.45, 2.75) is 13.1 Å². The van der Waals surface area contributed by atoms with E-state index in [4.69, 9.17) is 4.74 Å². The van der Waals surface area contributed by atoms with Gasteiger partial charge in [0, 0.05) is 18.7 Å². The molecule has 0 fully saturated rings. The predicted octanol–water partition coefficient (Wildman–Crippen LogP) is 0.661. The molecule has 0 aliphatic carbocycles. The molecule has 0 radical (unpaired) electrons. The maximum absolute atomic E-state index is 10.2. The van der Waals surface area contributed by atoms with Crippen molar-refractivity contribution in [2.24, 2.45) is 0 Å². The topological polar surface area (TPSA) is 50.4 Å². The molecule has 0 atom stereocenters. The van der Waals surface area contributed by atoms with E-state index in [0.29, 0.717) is 13.0 Å². The molecule has 1 rings (SSSR count). The van der Waals surface area contributed by atoms with Gasteiger partial charge in [-0.3, -0.25) is 4.79 Å². The maximum Gasteiger partial charge on any atom is 0.207 e. The minimum absolute atomic E-state index is 0.490. The van der Waals surface area contributed by atoms with Gasteiger partial charge in [-0.05, 0) is 24.7 Å². The summed E-state index contributed by atoms with van der Waals surface area (Å²) < 4.78 is 5.20. The third-order valence-electron chi connectivity index (χ3n) is 2.10. The minimum Gasteiger partial charge on any atom is -0.496 e. The van der Waals surface area contributed by atoms with Crippen LogP contribution < -0.4 is 15.4 Å². The Morgan fingerprint density at radius 1 is 1.40 bits per heavy atom. The van der Waals surface area contributed by atoms with E-state index >= 15 is 0 Å². The van der Waals surface area contributed by atoms with Gasteiger partial charge in [0.1, 0.15) is 5.75 Å². The zero-order valence-corrected chi connectivity index (χ0v) is 9.04. The van der Waals surface area contributed by atoms with Gasteiger partial charge in [0.2, 0.25) is 6.41 Å². The molecule has 0 spiro atoms. The zero-order chi connectivity index (χ0) is 11.1. The van der Waals surface area contributed by atoms with E-state index < -0.39 is 0 Å². The lowest BCUT2D eigenvalue weighted by molar-refractivity contribution is -0.109. The molecular weight excluding hydrogens is 192 g/mol. The van der Waals surface area contributed by atoms with E-state index in [1.807, 2.05) is 25.2 Å². The first kappa shape index (κ1) is 11.5. The molecule has 1 aromatic rings. The number of rotatable bonds is 6. The Kier molecular flexibility index (Phi) is 4.63. The summed E-state index contributed by atoms with van der Waals surface area (Å²) in [6, 6.07) is 5.93. The summed E-state index contributed by atoms with van der Waals surface area (Å²) in [4.78, 5) is 10.2. The molecule has 15 heavy (non-hydrogen) atoms. The minimum atomic E-state index is 0.490. The zero-order valence-electron chi connectivity index (χ0n) is 9.04. The Morgan fingerprint density at radius 3 is 2.80 bits per heavy atom. The molecule has 0 saturated carbocycles. The number of hydrogen-bond acceptors (Lipinski definition) is 3. The van der Waals surface area contributed by atoms with E-state index in [1.165, 1.54) is 5.56 Å². The van der Waals surface area contributed by atoms with Crippen molar-refractivity contribution in [2.75, 3.05) is 14.2 Å². The highest BCUT2D eigenvalue weighted by Gasteiger charge is 2.03. The molecule has 4 heteroatoms. The first-order valence-electron chi connectivity index (χ1n) is 4.79. The normalized spacial score (nSPS) is 9.73. The number of amides is 1. The van der Waals surface area contributed by atoms with Gasteiger partial charge in [0.15, 0.2) is 0 Å². The number of carbonyl (C=O) groups excluding carboxylic acids is 1. The smallest absolute Gasteiger partial charge is 0.207 e. The second kappa shape index (κ2) is 6.03. The lowest BCUT2D eigenvalue weighted by Gasteiger charge is -2.10. The van der Waals surface area contributed by atoms with Gasteiger partial charge in [-0.15, -0.1) is 0 Å². The molecular formula is C11H16N2O2. The highest BCUT2D eigenvalue weighted by Crippen LogP contribution is 2.19. The number of hydrogen-bond donors (Lipinski definition) is 2. The first-order valence-corrected chi connectivity index (χ1v) is 4.79. The van der Waals surface area contributed by atoms with Crippen molar-refractivity contribution in [3.05, 3.63) is 29.3 Å². The standard InChI is InChI=1S/C11H16N2O2/c1-12-6-9-3-4-11(15-2)10(5-9)7-13-8-14/h3-5,8,12H,6-7H2,1-2H3,(H,13,14). The van der Waals surface area contributed by atoms with Crippen molar-refractivity contribution in [3.63, 3.8) is 0 Å². The van der Waals surface area contributed by atoms with Crippen LogP contribution in [0.3, 0.4) is 0 Å². The molecule has 0 saturated heterocycles. The number of ether oxygens (including phenoxy) is 1. The summed E-state index contributed by atoms with van der Waals surface area (Å²) in [7, 11) is 3.52. The van der Waals surface area contributed by atoms with Gasteiger partial charge >= 0.3 is 0 Å². The van der Waals surface area contributed by atoms with E-state index in [0.717, 1.165) is 17.9 Å². The fraction of sp³-hybridized carbons (Fsp3) is 0.364. The highest BCUT2D eigenvalue weighted by molar-refractivity contribution is 5.47. The van der Waals surface area contributed by atoms with Crippen LogP contribution in [0.25, 0.3) is 0 Å². The Bertz CT molecular complexity index is 326. The fourth-order valence-corrected chi connectivity index (χ4v) is 1.44. The van der Waals surface area contributed by atoms with Crippen LogP contribution in [-0.2, 0) is 17.9 Å². The summed E-state index contributed by atoms with van der Waals surface area (Å²) >= 11 is 0. The molecule has 4 nitrogen and oxygen atoms in total. The van der Waals surface area contributed by atoms with Gasteiger partial charge in [-0.25, -0.2) is 0 Å². The molecule has 1 aromatic carbocycles. The number of carbonyl (C=O) groups is 1. The van der Waals surface area contributed by atoms with Gasteiger partial charge in [0.25, 0.3) is 0 Å². The molecule has 0 unspecified atom stereocenters. The fourth-order valence-electron chi connectivity index (χ4n) is 1.44. The van der Waals surface area contributed by atoms with Gasteiger partial charge < -0.3 is 15.4 Å². The summed E-state index contributed by atoms with van der Waals surface area (Å²) in [6.07, 6.45) is 0.685. The van der Waals surface area contributed by atoms with E-state index in [9.17, 15) is 4.79 Å². The highest BCUT2D eigenvalue weighted by atomic mass is 16.5. The van der Waals surface area contributed by atoms with Crippen molar-refractivity contribution in [1.82, 2.24) is 10.6 Å². The predicted molar refractivity (Wildman–Crippen MR) is 58.7 cm³/mol. The lowest BCUT2D eigenvalue weighted by atomic mass is 10.1. The van der Waals surface area contributed by atoms with Crippen LogP contribution in [0.15, 0.2) is 18.2 Å². The molecule has 0 aliphatic rings. The first-order chi connectivity index (χ1) is 7.31. The summed E-state index contributed by atoms with van der Waals surface area (Å²) in [5.74, 6) is 0.796. The second-order valence-electron chi connectivity index (χ2n) is 3.18. The Hall–Kier alpha value is -1.55. The Morgan fingerprint density at radius 2 is 2.20 bits per heavy atom. The van der Waals surface area contributed by atoms with Gasteiger partial charge in [-0.2, -0.15) is 0 Å². The third-order valence-corrected chi connectivity index (χ3v) is 2.10. The van der Waals surface area contributed by atoms with Crippen molar-refractivity contribution in [1.29, 1.82) is 0 Å². The number of methoxy groups -OCH3 is 1. The van der Waals surface area contributed by atoms with E-state index in [2.05, 4.69) is 10.6 Å². The number of nitrogens with one attached hydrogen (secondary N) is 2. The summed E-state index contributed by atoms with van der Waals surface area (Å²) in [5, 5.41) is 5.70. The van der Waals surface area contributed by atoms with Gasteiger partial charge in [0.05, 0.1) is 7.11 Å². The Labute approximate surface area is 89.6 Å². The SMILES string of the molecule is CNCc1ccc(OC)c(CNC=O)c1. The van der Waals surface area contributed by atoms with Crippen LogP contribution in [0.2, 0.25) is 0 Å². The molecule has 0 heterocycles. The average Bonchev–Trinajstić information content (AvgIpc) is 2.27. The molecule has 82 valence electrons. The monoisotopic (exact) mass is 208 g/mol. The van der Waals surface area contributed by atoms with Crippen LogP contribution in [0, 0.1) is 0 Å². The van der Waals surface area contributed by atoms with Crippen LogP contribution in [0.5, 0.6) is 5.75 Å². The van der Waals surface area contributed by atoms with Crippen LogP contribution in [0.1, 0.15) is 11.1 Å². The van der Waals surface area contributed by atoms with E-state index in [-0.39, 0.29) is 0 Å². The average molecular weight is 208 g/mol. The molecule has 0 aromatic heterocycles. The molecule has 2 N–H and O–H groups in total. The molecule has 0 bridgehead atoms. The summed E-state index contributed by atoms with van der Waals surface area (Å²) in [6.45, 7) is 1.29. The summed E-state index contributed by atoms with van der Waals surface area (Å²) in [5.41, 5.74) is 2.15. The maximum atomic E-state index is 10.2. The Balaban J connectivity index is 2.85. The van der Waals surface area contributed by atoms with Gasteiger partial charge in [-0.1, -0.05) is 6.07 Å². The largest absolute Gasteiger partial charge is 0.496 e. The van der Waals surface area contributed by atoms with Crippen molar-refractivity contribution in [3.8, 4) is 5.75 Å². The second-order valence-corrected chi connectivity index (χ2v) is 3.18. The number of benzene rings is 1. The molecule has 1 amide bonds. The quantitative estimate of drug-likeness (QED) is 0.675. The molecule has 0 aliphatic heterocycles. The van der Waals surface area contributed by atoms with E-state index in [1.54, 1.807) is 7.11 Å². The van der Waals surface area contributed by atoms with Crippen molar-refractivity contribution >= 4 is 6.41 Å².